The van der Waals surface area contributed by atoms with Crippen LogP contribution in [0.2, 0.25) is 0 Å². The number of rotatable bonds is 4. The van der Waals surface area contributed by atoms with Crippen molar-refractivity contribution in [1.29, 1.82) is 0 Å². The fraction of sp³-hybridized carbons (Fsp3) is 0.235. The second-order valence-corrected chi connectivity index (χ2v) is 5.35. The topological polar surface area (TPSA) is 50.7 Å². The molecule has 1 N–H and O–H groups in total. The van der Waals surface area contributed by atoms with Crippen LogP contribution >= 0.6 is 0 Å². The summed E-state index contributed by atoms with van der Waals surface area (Å²) < 4.78 is 0. The fourth-order valence-corrected chi connectivity index (χ4v) is 2.17. The van der Waals surface area contributed by atoms with Gasteiger partial charge in [0, 0.05) is 18.9 Å². The highest BCUT2D eigenvalue weighted by Crippen LogP contribution is 2.16. The van der Waals surface area contributed by atoms with Crippen molar-refractivity contribution in [3.05, 3.63) is 59.9 Å². The molecule has 0 saturated carbocycles. The summed E-state index contributed by atoms with van der Waals surface area (Å²) in [7, 11) is 0. The van der Waals surface area contributed by atoms with Gasteiger partial charge in [0.25, 0.3) is 0 Å². The van der Waals surface area contributed by atoms with Crippen molar-refractivity contribution in [1.82, 2.24) is 15.0 Å². The molecule has 21 heavy (non-hydrogen) atoms. The van der Waals surface area contributed by atoms with Crippen molar-refractivity contribution in [2.24, 2.45) is 0 Å². The predicted octanol–water partition coefficient (Wildman–Crippen LogP) is 3.76. The third-order valence-corrected chi connectivity index (χ3v) is 3.45. The summed E-state index contributed by atoms with van der Waals surface area (Å²) in [4.78, 5) is 12.9. The van der Waals surface area contributed by atoms with Crippen molar-refractivity contribution >= 4 is 17.0 Å². The first-order valence-electron chi connectivity index (χ1n) is 7.13. The minimum Gasteiger partial charge on any atom is -0.366 e. The lowest BCUT2D eigenvalue weighted by Crippen LogP contribution is -2.02. The summed E-state index contributed by atoms with van der Waals surface area (Å²) in [6, 6.07) is 12.5. The monoisotopic (exact) mass is 278 g/mol. The molecule has 0 amide bonds. The lowest BCUT2D eigenvalue weighted by Gasteiger charge is -2.09. The molecule has 1 aromatic carbocycles. The standard InChI is InChI=1S/C17H18N4/c1-12(2)14-5-3-13(4-6-14)11-20-16-8-7-15-17(21-16)19-10-9-18-15/h3-10,12H,11H2,1-2H3,(H,19,20,21). The molecule has 0 atom stereocenters. The average molecular weight is 278 g/mol. The molecule has 0 unspecified atom stereocenters. The lowest BCUT2D eigenvalue weighted by atomic mass is 10.0. The van der Waals surface area contributed by atoms with E-state index in [9.17, 15) is 0 Å². The van der Waals surface area contributed by atoms with Crippen LogP contribution in [0.25, 0.3) is 11.2 Å². The Bertz CT molecular complexity index is 735. The van der Waals surface area contributed by atoms with Gasteiger partial charge >= 0.3 is 0 Å². The van der Waals surface area contributed by atoms with Gasteiger partial charge in [-0.05, 0) is 29.2 Å². The third-order valence-electron chi connectivity index (χ3n) is 3.45. The zero-order valence-corrected chi connectivity index (χ0v) is 12.2. The van der Waals surface area contributed by atoms with Crippen LogP contribution in [0.5, 0.6) is 0 Å². The van der Waals surface area contributed by atoms with Crippen LogP contribution in [-0.2, 0) is 6.54 Å². The van der Waals surface area contributed by atoms with Crippen molar-refractivity contribution in [3.8, 4) is 0 Å². The van der Waals surface area contributed by atoms with E-state index in [1.54, 1.807) is 12.4 Å². The van der Waals surface area contributed by atoms with E-state index in [1.165, 1.54) is 11.1 Å². The van der Waals surface area contributed by atoms with Gasteiger partial charge in [0.2, 0.25) is 0 Å². The van der Waals surface area contributed by atoms with Gasteiger partial charge in [-0.1, -0.05) is 38.1 Å². The molecule has 3 aromatic rings. The Balaban J connectivity index is 1.71. The van der Waals surface area contributed by atoms with Gasteiger partial charge < -0.3 is 5.32 Å². The van der Waals surface area contributed by atoms with E-state index in [1.807, 2.05) is 12.1 Å². The number of aromatic nitrogens is 3. The quantitative estimate of drug-likeness (QED) is 0.789. The molecular weight excluding hydrogens is 260 g/mol. The Labute approximate surface area is 124 Å². The average Bonchev–Trinajstić information content (AvgIpc) is 2.53. The largest absolute Gasteiger partial charge is 0.366 e. The second-order valence-electron chi connectivity index (χ2n) is 5.35. The predicted molar refractivity (Wildman–Crippen MR) is 85.2 cm³/mol. The molecule has 4 nitrogen and oxygen atoms in total. The highest BCUT2D eigenvalue weighted by molar-refractivity contribution is 5.71. The maximum absolute atomic E-state index is 4.45. The first-order valence-corrected chi connectivity index (χ1v) is 7.13. The van der Waals surface area contributed by atoms with Crippen LogP contribution in [0.3, 0.4) is 0 Å². The van der Waals surface area contributed by atoms with Gasteiger partial charge in [-0.3, -0.25) is 4.98 Å². The van der Waals surface area contributed by atoms with Crippen molar-refractivity contribution < 1.29 is 0 Å². The zero-order valence-electron chi connectivity index (χ0n) is 12.2. The molecular formula is C17H18N4. The van der Waals surface area contributed by atoms with E-state index in [-0.39, 0.29) is 0 Å². The number of nitrogens with zero attached hydrogens (tertiary/aromatic N) is 3. The van der Waals surface area contributed by atoms with Crippen LogP contribution in [-0.4, -0.2) is 15.0 Å². The number of nitrogens with one attached hydrogen (secondary N) is 1. The minimum absolute atomic E-state index is 0.563. The minimum atomic E-state index is 0.563. The molecule has 0 bridgehead atoms. The third kappa shape index (κ3) is 3.16. The summed E-state index contributed by atoms with van der Waals surface area (Å²) in [5.41, 5.74) is 4.07. The van der Waals surface area contributed by atoms with Gasteiger partial charge in [-0.15, -0.1) is 0 Å². The smallest absolute Gasteiger partial charge is 0.180 e. The summed E-state index contributed by atoms with van der Waals surface area (Å²) in [5.74, 6) is 1.38. The highest BCUT2D eigenvalue weighted by atomic mass is 15.0. The SMILES string of the molecule is CC(C)c1ccc(CNc2ccc3nccnc3n2)cc1. The van der Waals surface area contributed by atoms with Gasteiger partial charge in [0.1, 0.15) is 11.3 Å². The maximum atomic E-state index is 4.45. The first kappa shape index (κ1) is 13.5. The molecule has 0 aliphatic carbocycles. The van der Waals surface area contributed by atoms with Crippen LogP contribution in [0.4, 0.5) is 5.82 Å². The van der Waals surface area contributed by atoms with Crippen LogP contribution < -0.4 is 5.32 Å². The van der Waals surface area contributed by atoms with Gasteiger partial charge in [-0.2, -0.15) is 0 Å². The fourth-order valence-electron chi connectivity index (χ4n) is 2.17. The summed E-state index contributed by atoms with van der Waals surface area (Å²) >= 11 is 0. The molecule has 2 heterocycles. The summed E-state index contributed by atoms with van der Waals surface area (Å²) in [5, 5.41) is 3.32. The number of hydrogen-bond donors (Lipinski definition) is 1. The van der Waals surface area contributed by atoms with Crippen molar-refractivity contribution in [2.45, 2.75) is 26.3 Å². The molecule has 106 valence electrons. The van der Waals surface area contributed by atoms with E-state index < -0.39 is 0 Å². The molecule has 0 aliphatic rings. The molecule has 4 heteroatoms. The van der Waals surface area contributed by atoms with E-state index in [0.29, 0.717) is 11.6 Å². The number of anilines is 1. The molecule has 0 radical (unpaired) electrons. The van der Waals surface area contributed by atoms with E-state index in [2.05, 4.69) is 58.4 Å². The highest BCUT2D eigenvalue weighted by Gasteiger charge is 2.01. The van der Waals surface area contributed by atoms with Crippen molar-refractivity contribution in [3.63, 3.8) is 0 Å². The molecule has 2 aromatic heterocycles. The van der Waals surface area contributed by atoms with Gasteiger partial charge in [0.15, 0.2) is 5.65 Å². The van der Waals surface area contributed by atoms with Gasteiger partial charge in [0.05, 0.1) is 0 Å². The normalized spacial score (nSPS) is 11.0. The number of pyridine rings is 1. The van der Waals surface area contributed by atoms with Crippen LogP contribution in [0, 0.1) is 0 Å². The first-order chi connectivity index (χ1) is 10.2. The Morgan fingerprint density at radius 2 is 1.71 bits per heavy atom. The van der Waals surface area contributed by atoms with Crippen molar-refractivity contribution in [2.75, 3.05) is 5.32 Å². The van der Waals surface area contributed by atoms with Crippen LogP contribution in [0.15, 0.2) is 48.8 Å². The van der Waals surface area contributed by atoms with E-state index in [0.717, 1.165) is 17.9 Å². The van der Waals surface area contributed by atoms with Gasteiger partial charge in [-0.25, -0.2) is 9.97 Å². The Morgan fingerprint density at radius 1 is 0.952 bits per heavy atom. The summed E-state index contributed by atoms with van der Waals surface area (Å²) in [6.07, 6.45) is 3.33. The maximum Gasteiger partial charge on any atom is 0.180 e. The molecule has 0 spiro atoms. The zero-order chi connectivity index (χ0) is 14.7. The number of benzene rings is 1. The molecule has 0 fully saturated rings. The Hall–Kier alpha value is -2.49. The second kappa shape index (κ2) is 5.87. The molecule has 3 rings (SSSR count). The van der Waals surface area contributed by atoms with E-state index in [4.69, 9.17) is 0 Å². The lowest BCUT2D eigenvalue weighted by molar-refractivity contribution is 0.865. The van der Waals surface area contributed by atoms with Crippen LogP contribution in [0.1, 0.15) is 30.9 Å². The number of hydrogen-bond acceptors (Lipinski definition) is 4. The van der Waals surface area contributed by atoms with E-state index >= 15 is 0 Å². The summed E-state index contributed by atoms with van der Waals surface area (Å²) in [6.45, 7) is 5.15. The Kier molecular flexibility index (Phi) is 3.77. The molecule has 0 saturated heterocycles. The Morgan fingerprint density at radius 3 is 2.48 bits per heavy atom. The number of fused-ring (bicyclic) bond motifs is 1. The molecule has 0 aliphatic heterocycles.